The normalized spacial score (nSPS) is 11.5. The lowest BCUT2D eigenvalue weighted by molar-refractivity contribution is 0.602. The minimum absolute atomic E-state index is 0.146. The molecule has 0 amide bonds. The van der Waals surface area contributed by atoms with E-state index in [2.05, 4.69) is 9.71 Å². The fourth-order valence-corrected chi connectivity index (χ4v) is 4.22. The molecule has 2 rings (SSSR count). The highest BCUT2D eigenvalue weighted by atomic mass is 35.5. The molecule has 1 N–H and O–H groups in total. The number of halogens is 1. The van der Waals surface area contributed by atoms with Gasteiger partial charge in [-0.1, -0.05) is 40.6 Å². The zero-order chi connectivity index (χ0) is 13.3. The summed E-state index contributed by atoms with van der Waals surface area (Å²) in [4.78, 5) is 3.90. The minimum atomic E-state index is -3.61. The fourth-order valence-electron chi connectivity index (χ4n) is 1.42. The number of benzene rings is 1. The van der Waals surface area contributed by atoms with Gasteiger partial charge >= 0.3 is 0 Å². The minimum Gasteiger partial charge on any atom is -0.279 e. The van der Waals surface area contributed by atoms with E-state index in [1.807, 2.05) is 19.1 Å². The van der Waals surface area contributed by atoms with Crippen LogP contribution in [0.3, 0.4) is 0 Å². The molecule has 0 aliphatic rings. The molecule has 0 aliphatic carbocycles. The lowest BCUT2D eigenvalue weighted by atomic mass is 10.2. The Balaban J connectivity index is 2.33. The Hall–Kier alpha value is -1.11. The summed E-state index contributed by atoms with van der Waals surface area (Å²) >= 11 is 6.66. The van der Waals surface area contributed by atoms with E-state index in [4.69, 9.17) is 11.6 Å². The van der Waals surface area contributed by atoms with Crippen LogP contribution in [0.15, 0.2) is 28.5 Å². The molecule has 18 heavy (non-hydrogen) atoms. The zero-order valence-electron chi connectivity index (χ0n) is 9.77. The lowest BCUT2D eigenvalue weighted by Gasteiger charge is -2.06. The Bertz CT molecular complexity index is 663. The Morgan fingerprint density at radius 2 is 1.83 bits per heavy atom. The predicted molar refractivity (Wildman–Crippen MR) is 73.8 cm³/mol. The van der Waals surface area contributed by atoms with Crippen LogP contribution in [-0.4, -0.2) is 13.4 Å². The van der Waals surface area contributed by atoms with Crippen molar-refractivity contribution >= 4 is 38.6 Å². The van der Waals surface area contributed by atoms with Crippen LogP contribution in [0.2, 0.25) is 4.47 Å². The first-order valence-corrected chi connectivity index (χ1v) is 7.79. The van der Waals surface area contributed by atoms with Crippen LogP contribution in [0, 0.1) is 13.8 Å². The van der Waals surface area contributed by atoms with Crippen molar-refractivity contribution in [2.24, 2.45) is 0 Å². The SMILES string of the molecule is Cc1ccc(NS(=O)(=O)c2sc(Cl)nc2C)cc1. The number of hydrogen-bond donors (Lipinski definition) is 1. The predicted octanol–water partition coefficient (Wildman–Crippen LogP) is 3.21. The molecule has 1 aromatic carbocycles. The smallest absolute Gasteiger partial charge is 0.273 e. The van der Waals surface area contributed by atoms with E-state index in [-0.39, 0.29) is 8.68 Å². The number of aromatic nitrogens is 1. The molecule has 0 fully saturated rings. The lowest BCUT2D eigenvalue weighted by Crippen LogP contribution is -2.12. The van der Waals surface area contributed by atoms with Crippen molar-refractivity contribution in [1.29, 1.82) is 0 Å². The average molecular weight is 303 g/mol. The van der Waals surface area contributed by atoms with Gasteiger partial charge in [0.15, 0.2) is 8.68 Å². The van der Waals surface area contributed by atoms with E-state index in [0.717, 1.165) is 16.9 Å². The second-order valence-electron chi connectivity index (χ2n) is 3.81. The summed E-state index contributed by atoms with van der Waals surface area (Å²) in [7, 11) is -3.61. The first kappa shape index (κ1) is 13.3. The highest BCUT2D eigenvalue weighted by Gasteiger charge is 2.21. The second kappa shape index (κ2) is 4.87. The summed E-state index contributed by atoms with van der Waals surface area (Å²) in [6.45, 7) is 3.55. The Kier molecular flexibility index (Phi) is 3.61. The Morgan fingerprint density at radius 1 is 1.22 bits per heavy atom. The molecule has 0 spiro atoms. The summed E-state index contributed by atoms with van der Waals surface area (Å²) in [6, 6.07) is 7.10. The summed E-state index contributed by atoms with van der Waals surface area (Å²) in [5, 5.41) is 0. The largest absolute Gasteiger partial charge is 0.279 e. The molecule has 0 aliphatic heterocycles. The maximum Gasteiger partial charge on any atom is 0.273 e. The topological polar surface area (TPSA) is 59.1 Å². The molecule has 0 saturated carbocycles. The number of rotatable bonds is 3. The summed E-state index contributed by atoms with van der Waals surface area (Å²) in [5.41, 5.74) is 1.99. The molecular formula is C11H11ClN2O2S2. The van der Waals surface area contributed by atoms with Gasteiger partial charge in [0.2, 0.25) is 0 Å². The maximum absolute atomic E-state index is 12.1. The molecule has 7 heteroatoms. The molecule has 0 bridgehead atoms. The van der Waals surface area contributed by atoms with Crippen molar-refractivity contribution in [1.82, 2.24) is 4.98 Å². The van der Waals surface area contributed by atoms with Crippen LogP contribution in [0.5, 0.6) is 0 Å². The summed E-state index contributed by atoms with van der Waals surface area (Å²) < 4.78 is 27.1. The fraction of sp³-hybridized carbons (Fsp3) is 0.182. The quantitative estimate of drug-likeness (QED) is 0.947. The van der Waals surface area contributed by atoms with E-state index in [1.165, 1.54) is 0 Å². The van der Waals surface area contributed by atoms with Gasteiger partial charge in [0.05, 0.1) is 5.69 Å². The van der Waals surface area contributed by atoms with E-state index in [1.54, 1.807) is 19.1 Å². The van der Waals surface area contributed by atoms with Gasteiger partial charge in [0, 0.05) is 5.69 Å². The molecule has 96 valence electrons. The van der Waals surface area contributed by atoms with Crippen molar-refractivity contribution in [3.05, 3.63) is 40.0 Å². The number of nitrogens with zero attached hydrogens (tertiary/aromatic N) is 1. The van der Waals surface area contributed by atoms with Crippen LogP contribution in [0.4, 0.5) is 5.69 Å². The number of anilines is 1. The van der Waals surface area contributed by atoms with Gasteiger partial charge in [-0.15, -0.1) is 0 Å². The van der Waals surface area contributed by atoms with Gasteiger partial charge in [-0.05, 0) is 26.0 Å². The highest BCUT2D eigenvalue weighted by Crippen LogP contribution is 2.28. The van der Waals surface area contributed by atoms with E-state index < -0.39 is 10.0 Å². The highest BCUT2D eigenvalue weighted by molar-refractivity contribution is 7.94. The summed E-state index contributed by atoms with van der Waals surface area (Å²) in [5.74, 6) is 0. The Labute approximate surface area is 115 Å². The number of sulfonamides is 1. The number of hydrogen-bond acceptors (Lipinski definition) is 4. The molecule has 0 radical (unpaired) electrons. The van der Waals surface area contributed by atoms with Gasteiger partial charge in [0.1, 0.15) is 0 Å². The monoisotopic (exact) mass is 302 g/mol. The van der Waals surface area contributed by atoms with Crippen LogP contribution in [0.25, 0.3) is 0 Å². The summed E-state index contributed by atoms with van der Waals surface area (Å²) in [6.07, 6.45) is 0. The third-order valence-electron chi connectivity index (χ3n) is 2.28. The van der Waals surface area contributed by atoms with Gasteiger partial charge in [-0.3, -0.25) is 4.72 Å². The van der Waals surface area contributed by atoms with Gasteiger partial charge < -0.3 is 0 Å². The third-order valence-corrected chi connectivity index (χ3v) is 5.53. The van der Waals surface area contributed by atoms with Crippen molar-refractivity contribution in [3.63, 3.8) is 0 Å². The Morgan fingerprint density at radius 3 is 2.33 bits per heavy atom. The molecular weight excluding hydrogens is 292 g/mol. The van der Waals surface area contributed by atoms with Gasteiger partial charge in [-0.25, -0.2) is 13.4 Å². The molecule has 1 heterocycles. The van der Waals surface area contributed by atoms with Gasteiger partial charge in [0.25, 0.3) is 10.0 Å². The van der Waals surface area contributed by atoms with Crippen molar-refractivity contribution < 1.29 is 8.42 Å². The van der Waals surface area contributed by atoms with E-state index >= 15 is 0 Å². The van der Waals surface area contributed by atoms with Crippen molar-refractivity contribution in [3.8, 4) is 0 Å². The molecule has 0 atom stereocenters. The van der Waals surface area contributed by atoms with Crippen LogP contribution < -0.4 is 4.72 Å². The van der Waals surface area contributed by atoms with Crippen molar-refractivity contribution in [2.75, 3.05) is 4.72 Å². The average Bonchev–Trinajstić information content (AvgIpc) is 2.62. The standard InChI is InChI=1S/C11H11ClN2O2S2/c1-7-3-5-9(6-4-7)14-18(15,16)10-8(2)13-11(12)17-10/h3-6,14H,1-2H3. The molecule has 4 nitrogen and oxygen atoms in total. The van der Waals surface area contributed by atoms with Gasteiger partial charge in [-0.2, -0.15) is 0 Å². The van der Waals surface area contributed by atoms with Crippen LogP contribution >= 0.6 is 22.9 Å². The van der Waals surface area contributed by atoms with Crippen molar-refractivity contribution in [2.45, 2.75) is 18.1 Å². The van der Waals surface area contributed by atoms with E-state index in [9.17, 15) is 8.42 Å². The molecule has 2 aromatic rings. The first-order chi connectivity index (χ1) is 8.38. The maximum atomic E-state index is 12.1. The second-order valence-corrected chi connectivity index (χ2v) is 7.27. The van der Waals surface area contributed by atoms with Crippen LogP contribution in [0.1, 0.15) is 11.3 Å². The molecule has 1 aromatic heterocycles. The zero-order valence-corrected chi connectivity index (χ0v) is 12.2. The number of aryl methyl sites for hydroxylation is 2. The number of nitrogens with one attached hydrogen (secondary N) is 1. The van der Waals surface area contributed by atoms with Crippen LogP contribution in [-0.2, 0) is 10.0 Å². The number of thiazole rings is 1. The molecule has 0 saturated heterocycles. The third kappa shape index (κ3) is 2.82. The van der Waals surface area contributed by atoms with E-state index in [0.29, 0.717) is 11.4 Å². The molecule has 0 unspecified atom stereocenters. The first-order valence-electron chi connectivity index (χ1n) is 5.11.